The molecule has 19 heavy (non-hydrogen) atoms. The van der Waals surface area contributed by atoms with Crippen LogP contribution in [0.5, 0.6) is 0 Å². The van der Waals surface area contributed by atoms with Crippen molar-refractivity contribution in [2.24, 2.45) is 0 Å². The van der Waals surface area contributed by atoms with Crippen molar-refractivity contribution >= 4 is 0 Å². The third-order valence-corrected chi connectivity index (χ3v) is 4.25. The highest BCUT2D eigenvalue weighted by atomic mass is 15.1. The first-order valence-corrected chi connectivity index (χ1v) is 7.16. The van der Waals surface area contributed by atoms with E-state index in [1.54, 1.807) is 0 Å². The molecular formula is C18H21N. The van der Waals surface area contributed by atoms with Crippen LogP contribution >= 0.6 is 0 Å². The molecule has 2 atom stereocenters. The third-order valence-electron chi connectivity index (χ3n) is 4.25. The van der Waals surface area contributed by atoms with E-state index in [4.69, 9.17) is 0 Å². The fourth-order valence-corrected chi connectivity index (χ4v) is 3.35. The molecule has 0 N–H and O–H groups in total. The normalized spacial score (nSPS) is 24.3. The molecule has 1 aliphatic rings. The topological polar surface area (TPSA) is 3.24 Å². The van der Waals surface area contributed by atoms with Gasteiger partial charge in [0.2, 0.25) is 0 Å². The van der Waals surface area contributed by atoms with E-state index >= 15 is 0 Å². The molecule has 1 nitrogen and oxygen atoms in total. The van der Waals surface area contributed by atoms with E-state index in [1.165, 1.54) is 30.5 Å². The van der Waals surface area contributed by atoms with Crippen molar-refractivity contribution in [3.8, 4) is 0 Å². The molecule has 0 aromatic heterocycles. The van der Waals surface area contributed by atoms with Gasteiger partial charge in [-0.25, -0.2) is 0 Å². The van der Waals surface area contributed by atoms with Crippen molar-refractivity contribution in [2.45, 2.75) is 24.8 Å². The number of hydrogen-bond acceptors (Lipinski definition) is 1. The van der Waals surface area contributed by atoms with Gasteiger partial charge in [-0.3, -0.25) is 4.90 Å². The molecule has 1 fully saturated rings. The zero-order chi connectivity index (χ0) is 13.1. The van der Waals surface area contributed by atoms with Gasteiger partial charge in [-0.1, -0.05) is 60.7 Å². The molecule has 3 rings (SSSR count). The summed E-state index contributed by atoms with van der Waals surface area (Å²) in [6, 6.07) is 22.4. The summed E-state index contributed by atoms with van der Waals surface area (Å²) in [6.45, 7) is 1.20. The van der Waals surface area contributed by atoms with Gasteiger partial charge in [0, 0.05) is 12.0 Å². The summed E-state index contributed by atoms with van der Waals surface area (Å²) in [4.78, 5) is 2.51. The molecule has 1 saturated heterocycles. The average molecular weight is 251 g/mol. The van der Waals surface area contributed by atoms with Gasteiger partial charge in [0.05, 0.1) is 0 Å². The highest BCUT2D eigenvalue weighted by molar-refractivity contribution is 5.28. The first-order valence-electron chi connectivity index (χ1n) is 7.16. The molecule has 98 valence electrons. The second kappa shape index (κ2) is 5.58. The quantitative estimate of drug-likeness (QED) is 0.771. The average Bonchev–Trinajstić information content (AvgIpc) is 2.49. The Kier molecular flexibility index (Phi) is 3.65. The predicted octanol–water partition coefficient (Wildman–Crippen LogP) is 4.24. The molecule has 0 aliphatic carbocycles. The van der Waals surface area contributed by atoms with Crippen LogP contribution in [0.4, 0.5) is 0 Å². The van der Waals surface area contributed by atoms with Gasteiger partial charge >= 0.3 is 0 Å². The second-order valence-corrected chi connectivity index (χ2v) is 5.50. The molecule has 0 spiro atoms. The Labute approximate surface area is 115 Å². The Morgan fingerprint density at radius 2 is 1.42 bits per heavy atom. The van der Waals surface area contributed by atoms with E-state index in [-0.39, 0.29) is 0 Å². The van der Waals surface area contributed by atoms with E-state index in [9.17, 15) is 0 Å². The third kappa shape index (κ3) is 2.57. The lowest BCUT2D eigenvalue weighted by Crippen LogP contribution is -2.34. The van der Waals surface area contributed by atoms with Gasteiger partial charge in [-0.05, 0) is 37.6 Å². The van der Waals surface area contributed by atoms with Crippen molar-refractivity contribution in [2.75, 3.05) is 13.6 Å². The molecule has 1 heterocycles. The molecule has 2 aromatic carbocycles. The molecule has 1 aliphatic heterocycles. The highest BCUT2D eigenvalue weighted by Crippen LogP contribution is 2.41. The van der Waals surface area contributed by atoms with Crippen LogP contribution in [-0.2, 0) is 0 Å². The molecule has 0 radical (unpaired) electrons. The lowest BCUT2D eigenvalue weighted by atomic mass is 9.80. The van der Waals surface area contributed by atoms with Crippen molar-refractivity contribution in [3.05, 3.63) is 71.8 Å². The van der Waals surface area contributed by atoms with Crippen LogP contribution < -0.4 is 0 Å². The van der Waals surface area contributed by atoms with Crippen molar-refractivity contribution < 1.29 is 0 Å². The number of rotatable bonds is 2. The number of benzene rings is 2. The maximum atomic E-state index is 2.51. The van der Waals surface area contributed by atoms with E-state index in [0.29, 0.717) is 12.0 Å². The zero-order valence-corrected chi connectivity index (χ0v) is 11.5. The number of likely N-dealkylation sites (tertiary alicyclic amines) is 1. The van der Waals surface area contributed by atoms with Crippen LogP contribution in [-0.4, -0.2) is 18.5 Å². The van der Waals surface area contributed by atoms with Gasteiger partial charge < -0.3 is 0 Å². The Balaban J connectivity index is 1.97. The Morgan fingerprint density at radius 3 is 2.05 bits per heavy atom. The van der Waals surface area contributed by atoms with E-state index < -0.39 is 0 Å². The fourth-order valence-electron chi connectivity index (χ4n) is 3.35. The van der Waals surface area contributed by atoms with E-state index in [1.807, 2.05) is 0 Å². The van der Waals surface area contributed by atoms with Gasteiger partial charge in [0.15, 0.2) is 0 Å². The Hall–Kier alpha value is -1.60. The van der Waals surface area contributed by atoms with Crippen LogP contribution in [0.1, 0.15) is 35.9 Å². The monoisotopic (exact) mass is 251 g/mol. The largest absolute Gasteiger partial charge is 0.299 e. The second-order valence-electron chi connectivity index (χ2n) is 5.50. The first-order chi connectivity index (χ1) is 9.36. The number of nitrogens with zero attached hydrogens (tertiary/aromatic N) is 1. The van der Waals surface area contributed by atoms with Gasteiger partial charge in [-0.15, -0.1) is 0 Å². The summed E-state index contributed by atoms with van der Waals surface area (Å²) in [5.41, 5.74) is 2.92. The lowest BCUT2D eigenvalue weighted by Gasteiger charge is -2.40. The van der Waals surface area contributed by atoms with Crippen molar-refractivity contribution in [3.63, 3.8) is 0 Å². The minimum absolute atomic E-state index is 0.511. The molecule has 0 unspecified atom stereocenters. The maximum absolute atomic E-state index is 2.51. The molecule has 1 heteroatoms. The summed E-state index contributed by atoms with van der Waals surface area (Å²) >= 11 is 0. The highest BCUT2D eigenvalue weighted by Gasteiger charge is 2.31. The summed E-state index contributed by atoms with van der Waals surface area (Å²) < 4.78 is 0. The van der Waals surface area contributed by atoms with E-state index in [0.717, 1.165) is 0 Å². The van der Waals surface area contributed by atoms with Crippen LogP contribution in [0.15, 0.2) is 60.7 Å². The predicted molar refractivity (Wildman–Crippen MR) is 80.2 cm³/mol. The standard InChI is InChI=1S/C18H21N/c1-19-14-8-13-17(15-9-4-2-5-10-15)18(19)16-11-6-3-7-12-16/h2-7,9-12,17-18H,8,13-14H2,1H3/t17-,18-/m1/s1. The minimum atomic E-state index is 0.511. The number of likely N-dealkylation sites (N-methyl/N-ethyl adjacent to an activating group) is 1. The van der Waals surface area contributed by atoms with E-state index in [2.05, 4.69) is 72.6 Å². The Morgan fingerprint density at radius 1 is 0.842 bits per heavy atom. The fraction of sp³-hybridized carbons (Fsp3) is 0.333. The Bertz CT molecular complexity index is 506. The summed E-state index contributed by atoms with van der Waals surface area (Å²) in [5.74, 6) is 0.613. The number of piperidine rings is 1. The van der Waals surface area contributed by atoms with Gasteiger partial charge in [0.25, 0.3) is 0 Å². The zero-order valence-electron chi connectivity index (χ0n) is 11.5. The smallest absolute Gasteiger partial charge is 0.0413 e. The minimum Gasteiger partial charge on any atom is -0.299 e. The lowest BCUT2D eigenvalue weighted by molar-refractivity contribution is 0.161. The van der Waals surface area contributed by atoms with Crippen molar-refractivity contribution in [1.82, 2.24) is 4.90 Å². The molecular weight excluding hydrogens is 230 g/mol. The molecule has 0 bridgehead atoms. The summed E-state index contributed by atoms with van der Waals surface area (Å²) in [7, 11) is 2.26. The maximum Gasteiger partial charge on any atom is 0.0413 e. The molecule has 2 aromatic rings. The first kappa shape index (κ1) is 12.4. The van der Waals surface area contributed by atoms with Crippen molar-refractivity contribution in [1.29, 1.82) is 0 Å². The molecule has 0 amide bonds. The van der Waals surface area contributed by atoms with Crippen LogP contribution in [0.3, 0.4) is 0 Å². The SMILES string of the molecule is CN1CCC[C@H](c2ccccc2)[C@H]1c1ccccc1. The van der Waals surface area contributed by atoms with Gasteiger partial charge in [0.1, 0.15) is 0 Å². The van der Waals surface area contributed by atoms with Crippen LogP contribution in [0, 0.1) is 0 Å². The van der Waals surface area contributed by atoms with Gasteiger partial charge in [-0.2, -0.15) is 0 Å². The number of hydrogen-bond donors (Lipinski definition) is 0. The summed E-state index contributed by atoms with van der Waals surface area (Å²) in [6.07, 6.45) is 2.58. The molecule has 0 saturated carbocycles. The van der Waals surface area contributed by atoms with Crippen LogP contribution in [0.2, 0.25) is 0 Å². The van der Waals surface area contributed by atoms with Crippen LogP contribution in [0.25, 0.3) is 0 Å². The summed E-state index contributed by atoms with van der Waals surface area (Å²) in [5, 5.41) is 0.